The van der Waals surface area contributed by atoms with Crippen LogP contribution < -0.4 is 0 Å². The molecule has 0 aliphatic carbocycles. The maximum Gasteiger partial charge on any atom is 0.119 e. The molecule has 0 fully saturated rings. The van der Waals surface area contributed by atoms with Crippen molar-refractivity contribution in [3.63, 3.8) is 0 Å². The van der Waals surface area contributed by atoms with Gasteiger partial charge in [-0.15, -0.1) is 0 Å². The summed E-state index contributed by atoms with van der Waals surface area (Å²) in [5.41, 5.74) is 0. The van der Waals surface area contributed by atoms with Crippen LogP contribution in [-0.4, -0.2) is 4.75 Å². The van der Waals surface area contributed by atoms with Gasteiger partial charge in [-0.1, -0.05) is 7.87 Å². The molecule has 4 heteroatoms. The van der Waals surface area contributed by atoms with Gasteiger partial charge in [-0.05, 0) is 0 Å². The Labute approximate surface area is 35.0 Å². The highest BCUT2D eigenvalue weighted by Crippen LogP contribution is 2.25. The zero-order valence-corrected chi connectivity index (χ0v) is 5.13. The molecule has 1 rings (SSSR count). The lowest BCUT2D eigenvalue weighted by atomic mass is 11.7. The quantitative estimate of drug-likeness (QED) is 0.510. The lowest BCUT2D eigenvalue weighted by Gasteiger charge is -1.37. The van der Waals surface area contributed by atoms with E-state index in [2.05, 4.69) is 10.7 Å². The van der Waals surface area contributed by atoms with Crippen LogP contribution in [0.15, 0.2) is 0 Å². The summed E-state index contributed by atoms with van der Waals surface area (Å²) in [6.45, 7) is 0. The van der Waals surface area contributed by atoms with E-state index < -0.39 is 0 Å². The first kappa shape index (κ1) is 3.75. The van der Waals surface area contributed by atoms with Crippen LogP contribution in [0.1, 0.15) is 0 Å². The van der Waals surface area contributed by atoms with Crippen molar-refractivity contribution in [1.82, 2.24) is 4.75 Å². The highest BCUT2D eigenvalue weighted by Gasteiger charge is 1.62. The molecule has 0 saturated carbocycles. The fourth-order valence-electron chi connectivity index (χ4n) is 0.112. The van der Waals surface area contributed by atoms with Gasteiger partial charge in [0.1, 0.15) is 5.93 Å². The molecule has 1 unspecified atom stereocenters. The van der Waals surface area contributed by atoms with E-state index in [0.717, 1.165) is 7.87 Å². The minimum absolute atomic E-state index is 0.852. The number of nitrogens with zero attached hydrogens (tertiary/aromatic N) is 1. The first-order valence-electron chi connectivity index (χ1n) is 1.10. The topological polar surface area (TPSA) is 12.9 Å². The summed E-state index contributed by atoms with van der Waals surface area (Å²) in [4.78, 5) is 0. The maximum atomic E-state index is 3.81. The van der Waals surface area contributed by atoms with Gasteiger partial charge in [0.2, 0.25) is 0 Å². The first-order chi connectivity index (χ1) is 2.50. The summed E-state index contributed by atoms with van der Waals surface area (Å²) in [7, 11) is 3.46. The Hall–Kier alpha value is 0.570. The summed E-state index contributed by atoms with van der Waals surface area (Å²) in [5, 5.41) is 0. The molecular weight excluding hydrogens is 119 g/mol. The Kier molecular flexibility index (Phi) is 1.41. The monoisotopic (exact) mass is 120 g/mol. The smallest absolute Gasteiger partial charge is 0.119 e. The Bertz CT molecular complexity index is 63.4. The molecule has 1 aromatic heterocycles. The molecule has 0 aromatic carbocycles. The average Bonchev–Trinajstić information content (AvgIpc) is 1.76. The number of rotatable bonds is 0. The van der Waals surface area contributed by atoms with E-state index >= 15 is 0 Å². The van der Waals surface area contributed by atoms with E-state index in [4.69, 9.17) is 0 Å². The standard InChI is InChI=1S/CHNP3/c1-2-4-5-3-1/h3H. The van der Waals surface area contributed by atoms with Crippen molar-refractivity contribution in [3.05, 3.63) is 5.93 Å². The third-order valence-electron chi connectivity index (χ3n) is 0.239. The van der Waals surface area contributed by atoms with Crippen molar-refractivity contribution in [2.75, 3.05) is 0 Å². The maximum absolute atomic E-state index is 3.81. The lowest BCUT2D eigenvalue weighted by molar-refractivity contribution is 1.63. The van der Waals surface area contributed by atoms with E-state index in [1.807, 2.05) is 0 Å². The van der Waals surface area contributed by atoms with Gasteiger partial charge in [0, 0.05) is 7.55 Å². The zero-order chi connectivity index (χ0) is 3.54. The molecule has 0 amide bonds. The second-order valence-corrected chi connectivity index (χ2v) is 5.15. The summed E-state index contributed by atoms with van der Waals surface area (Å²) in [6, 6.07) is 0. The van der Waals surface area contributed by atoms with Gasteiger partial charge in [-0.3, -0.25) is 0 Å². The van der Waals surface area contributed by atoms with Gasteiger partial charge in [0.15, 0.2) is 0 Å². The van der Waals surface area contributed by atoms with Crippen LogP contribution in [0.2, 0.25) is 0 Å². The number of aromatic nitrogens is 1. The van der Waals surface area contributed by atoms with Crippen LogP contribution in [0.25, 0.3) is 0 Å². The molecule has 1 atom stereocenters. The van der Waals surface area contributed by atoms with Crippen molar-refractivity contribution in [1.29, 1.82) is 0 Å². The van der Waals surface area contributed by atoms with E-state index in [-0.39, 0.29) is 0 Å². The summed E-state index contributed by atoms with van der Waals surface area (Å²) >= 11 is 0. The fraction of sp³-hybridized carbons (Fsp3) is 0. The Balaban J connectivity index is 3.13. The third kappa shape index (κ3) is 0.973. The molecule has 0 saturated heterocycles. The molecule has 0 bridgehead atoms. The van der Waals surface area contributed by atoms with Crippen LogP contribution in [0, 0.1) is 5.93 Å². The fourth-order valence-corrected chi connectivity index (χ4v) is 3.02. The molecule has 1 aromatic rings. The van der Waals surface area contributed by atoms with E-state index in [1.54, 1.807) is 0 Å². The molecule has 0 aliphatic rings. The van der Waals surface area contributed by atoms with Crippen LogP contribution >= 0.6 is 23.4 Å². The summed E-state index contributed by atoms with van der Waals surface area (Å²) < 4.78 is 3.81. The molecular formula is CHNP3. The van der Waals surface area contributed by atoms with Crippen LogP contribution in [-0.2, 0) is 0 Å². The predicted octanol–water partition coefficient (Wildman–Crippen LogP) is 2.07. The van der Waals surface area contributed by atoms with E-state index in [0.29, 0.717) is 0 Å². The van der Waals surface area contributed by atoms with Gasteiger partial charge in [-0.2, -0.15) is 0 Å². The molecule has 1 nitrogen and oxygen atoms in total. The minimum atomic E-state index is 0.852. The van der Waals surface area contributed by atoms with Crippen molar-refractivity contribution < 1.29 is 0 Å². The molecule has 0 N–H and O–H groups in total. The molecule has 1 heterocycles. The normalized spacial score (nSPS) is 12.8. The molecule has 5 heavy (non-hydrogen) atoms. The number of hydrogen-bond donors (Lipinski definition) is 0. The Morgan fingerprint density at radius 3 is 3.00 bits per heavy atom. The Morgan fingerprint density at radius 2 is 2.80 bits per heavy atom. The molecule has 0 spiro atoms. The number of hydrogen-bond acceptors (Lipinski definition) is 1. The van der Waals surface area contributed by atoms with Gasteiger partial charge >= 0.3 is 0 Å². The third-order valence-corrected chi connectivity index (χ3v) is 3.86. The molecule has 25 valence electrons. The zero-order valence-electron chi connectivity index (χ0n) is 2.34. The highest BCUT2D eigenvalue weighted by atomic mass is 32.1. The second kappa shape index (κ2) is 1.88. The SMILES string of the molecule is [c]1npp[pH]1. The first-order valence-corrected chi connectivity index (χ1v) is 5.39. The lowest BCUT2D eigenvalue weighted by Crippen LogP contribution is -1.28. The van der Waals surface area contributed by atoms with Crippen molar-refractivity contribution in [2.45, 2.75) is 0 Å². The molecule has 0 aliphatic heterocycles. The van der Waals surface area contributed by atoms with Gasteiger partial charge in [0.05, 0.1) is 8.03 Å². The summed E-state index contributed by atoms with van der Waals surface area (Å²) in [5.74, 6) is 2.85. The largest absolute Gasteiger partial charge is 0.216 e. The average molecular weight is 120 g/mol. The van der Waals surface area contributed by atoms with Crippen LogP contribution in [0.5, 0.6) is 0 Å². The second-order valence-electron chi connectivity index (χ2n) is 0.513. The van der Waals surface area contributed by atoms with E-state index in [9.17, 15) is 0 Å². The highest BCUT2D eigenvalue weighted by molar-refractivity contribution is 8.15. The van der Waals surface area contributed by atoms with Gasteiger partial charge in [0.25, 0.3) is 0 Å². The Morgan fingerprint density at radius 1 is 1.80 bits per heavy atom. The summed E-state index contributed by atoms with van der Waals surface area (Å²) in [6.07, 6.45) is 0. The van der Waals surface area contributed by atoms with Crippen molar-refractivity contribution >= 4 is 23.4 Å². The van der Waals surface area contributed by atoms with Crippen LogP contribution in [0.4, 0.5) is 0 Å². The van der Waals surface area contributed by atoms with Crippen molar-refractivity contribution in [2.24, 2.45) is 0 Å². The van der Waals surface area contributed by atoms with Crippen molar-refractivity contribution in [3.8, 4) is 0 Å². The minimum Gasteiger partial charge on any atom is -0.216 e. The van der Waals surface area contributed by atoms with Gasteiger partial charge < -0.3 is 0 Å². The molecule has 1 radical (unpaired) electrons. The van der Waals surface area contributed by atoms with Crippen LogP contribution in [0.3, 0.4) is 0 Å². The van der Waals surface area contributed by atoms with E-state index in [1.165, 1.54) is 15.6 Å². The van der Waals surface area contributed by atoms with Gasteiger partial charge in [-0.25, -0.2) is 4.75 Å². The predicted molar refractivity (Wildman–Crippen MR) is 27.6 cm³/mol.